The van der Waals surface area contributed by atoms with E-state index in [9.17, 15) is 14.9 Å². The highest BCUT2D eigenvalue weighted by atomic mass is 16.6. The van der Waals surface area contributed by atoms with Gasteiger partial charge in [0, 0.05) is 24.7 Å². The van der Waals surface area contributed by atoms with Crippen LogP contribution in [0.4, 0.5) is 5.69 Å². The molecule has 1 atom stereocenters. The van der Waals surface area contributed by atoms with Crippen LogP contribution >= 0.6 is 0 Å². The average molecular weight is 266 g/mol. The maximum Gasteiger partial charge on any atom is 0.304 e. The molecule has 0 heterocycles. The summed E-state index contributed by atoms with van der Waals surface area (Å²) in [5, 5.41) is 19.3. The molecule has 0 amide bonds. The lowest BCUT2D eigenvalue weighted by molar-refractivity contribution is -0.384. The van der Waals surface area contributed by atoms with Crippen LogP contribution in [-0.2, 0) is 4.79 Å². The standard InChI is InChI=1S/C13H18N2O4/c1-3-14(9-8-13(16)17)10(2)11-4-6-12(7-5-11)15(18)19/h4-7,10H,3,8-9H2,1-2H3,(H,16,17). The van der Waals surface area contributed by atoms with Gasteiger partial charge in [-0.1, -0.05) is 19.1 Å². The van der Waals surface area contributed by atoms with Crippen molar-refractivity contribution in [3.05, 3.63) is 39.9 Å². The number of benzene rings is 1. The quantitative estimate of drug-likeness (QED) is 0.605. The Bertz CT molecular complexity index is 444. The van der Waals surface area contributed by atoms with Gasteiger partial charge in [-0.3, -0.25) is 19.8 Å². The molecule has 0 saturated heterocycles. The number of nitro groups is 1. The number of rotatable bonds is 7. The Kier molecular flexibility index (Phi) is 5.44. The SMILES string of the molecule is CCN(CCC(=O)O)C(C)c1ccc([N+](=O)[O-])cc1. The highest BCUT2D eigenvalue weighted by Gasteiger charge is 2.16. The van der Waals surface area contributed by atoms with E-state index in [4.69, 9.17) is 5.11 Å². The van der Waals surface area contributed by atoms with Crippen LogP contribution < -0.4 is 0 Å². The second kappa shape index (κ2) is 6.84. The molecule has 1 N–H and O–H groups in total. The third-order valence-corrected chi connectivity index (χ3v) is 3.15. The van der Waals surface area contributed by atoms with Crippen LogP contribution in [0, 0.1) is 10.1 Å². The molecule has 0 saturated carbocycles. The molecule has 0 aliphatic rings. The lowest BCUT2D eigenvalue weighted by Gasteiger charge is -2.27. The molecule has 0 spiro atoms. The summed E-state index contributed by atoms with van der Waals surface area (Å²) in [6.45, 7) is 5.12. The topological polar surface area (TPSA) is 83.7 Å². The third-order valence-electron chi connectivity index (χ3n) is 3.15. The van der Waals surface area contributed by atoms with Crippen molar-refractivity contribution in [1.29, 1.82) is 0 Å². The third kappa shape index (κ3) is 4.33. The van der Waals surface area contributed by atoms with Crippen molar-refractivity contribution in [1.82, 2.24) is 4.90 Å². The molecule has 6 nitrogen and oxygen atoms in total. The molecule has 1 aromatic rings. The largest absolute Gasteiger partial charge is 0.481 e. The second-order valence-corrected chi connectivity index (χ2v) is 4.30. The van der Waals surface area contributed by atoms with Crippen LogP contribution in [0.25, 0.3) is 0 Å². The molecule has 1 unspecified atom stereocenters. The van der Waals surface area contributed by atoms with Crippen LogP contribution in [0.1, 0.15) is 31.9 Å². The Labute approximate surface area is 111 Å². The van der Waals surface area contributed by atoms with Gasteiger partial charge in [-0.25, -0.2) is 0 Å². The van der Waals surface area contributed by atoms with Crippen LogP contribution in [0.5, 0.6) is 0 Å². The average Bonchev–Trinajstić information content (AvgIpc) is 2.39. The van der Waals surface area contributed by atoms with E-state index in [0.29, 0.717) is 6.54 Å². The Balaban J connectivity index is 2.76. The molecule has 0 fully saturated rings. The number of nitrogens with zero attached hydrogens (tertiary/aromatic N) is 2. The Morgan fingerprint density at radius 1 is 1.42 bits per heavy atom. The number of carboxylic acid groups (broad SMARTS) is 1. The zero-order valence-corrected chi connectivity index (χ0v) is 11.1. The molecule has 0 aliphatic heterocycles. The monoisotopic (exact) mass is 266 g/mol. The lowest BCUT2D eigenvalue weighted by Crippen LogP contribution is -2.29. The molecule has 0 aliphatic carbocycles. The van der Waals surface area contributed by atoms with Crippen molar-refractivity contribution >= 4 is 11.7 Å². The normalized spacial score (nSPS) is 12.4. The van der Waals surface area contributed by atoms with E-state index in [1.54, 1.807) is 12.1 Å². The van der Waals surface area contributed by atoms with Crippen molar-refractivity contribution in [2.75, 3.05) is 13.1 Å². The molecule has 104 valence electrons. The van der Waals surface area contributed by atoms with E-state index in [1.165, 1.54) is 12.1 Å². The fourth-order valence-corrected chi connectivity index (χ4v) is 1.95. The molecule has 1 rings (SSSR count). The first-order valence-electron chi connectivity index (χ1n) is 6.16. The lowest BCUT2D eigenvalue weighted by atomic mass is 10.1. The summed E-state index contributed by atoms with van der Waals surface area (Å²) >= 11 is 0. The summed E-state index contributed by atoms with van der Waals surface area (Å²) in [5.41, 5.74) is 1.00. The molecule has 1 aromatic carbocycles. The van der Waals surface area contributed by atoms with Gasteiger partial charge in [-0.05, 0) is 19.0 Å². The first kappa shape index (κ1) is 15.1. The van der Waals surface area contributed by atoms with Gasteiger partial charge >= 0.3 is 5.97 Å². The zero-order valence-electron chi connectivity index (χ0n) is 11.1. The Morgan fingerprint density at radius 2 is 2.00 bits per heavy atom. The minimum atomic E-state index is -0.825. The fourth-order valence-electron chi connectivity index (χ4n) is 1.95. The van der Waals surface area contributed by atoms with Gasteiger partial charge in [0.2, 0.25) is 0 Å². The van der Waals surface area contributed by atoms with Crippen LogP contribution in [-0.4, -0.2) is 34.0 Å². The molecule has 0 aromatic heterocycles. The van der Waals surface area contributed by atoms with Gasteiger partial charge in [-0.2, -0.15) is 0 Å². The van der Waals surface area contributed by atoms with Gasteiger partial charge in [0.25, 0.3) is 5.69 Å². The highest BCUT2D eigenvalue weighted by Crippen LogP contribution is 2.22. The molecule has 0 radical (unpaired) electrons. The highest BCUT2D eigenvalue weighted by molar-refractivity contribution is 5.66. The molecular weight excluding hydrogens is 248 g/mol. The van der Waals surface area contributed by atoms with Gasteiger partial charge in [0.05, 0.1) is 11.3 Å². The van der Waals surface area contributed by atoms with Crippen molar-refractivity contribution in [3.8, 4) is 0 Å². The summed E-state index contributed by atoms with van der Waals surface area (Å²) in [5.74, 6) is -0.825. The first-order chi connectivity index (χ1) is 8.95. The maximum absolute atomic E-state index is 10.6. The number of hydrogen-bond donors (Lipinski definition) is 1. The maximum atomic E-state index is 10.6. The minimum Gasteiger partial charge on any atom is -0.481 e. The smallest absolute Gasteiger partial charge is 0.304 e. The zero-order chi connectivity index (χ0) is 14.4. The van der Waals surface area contributed by atoms with E-state index in [1.807, 2.05) is 18.7 Å². The van der Waals surface area contributed by atoms with E-state index < -0.39 is 10.9 Å². The summed E-state index contributed by atoms with van der Waals surface area (Å²) in [6.07, 6.45) is 0.0885. The predicted octanol–water partition coefficient (Wildman–Crippen LogP) is 2.45. The summed E-state index contributed by atoms with van der Waals surface area (Å²) in [4.78, 5) is 22.8. The van der Waals surface area contributed by atoms with Crippen LogP contribution in [0.3, 0.4) is 0 Å². The second-order valence-electron chi connectivity index (χ2n) is 4.30. The number of carbonyl (C=O) groups is 1. The minimum absolute atomic E-state index is 0.0326. The molecular formula is C13H18N2O4. The van der Waals surface area contributed by atoms with E-state index in [0.717, 1.165) is 12.1 Å². The van der Waals surface area contributed by atoms with E-state index >= 15 is 0 Å². The van der Waals surface area contributed by atoms with Crippen LogP contribution in [0.15, 0.2) is 24.3 Å². The molecule has 6 heteroatoms. The summed E-state index contributed by atoms with van der Waals surface area (Å²) in [6, 6.07) is 6.40. The summed E-state index contributed by atoms with van der Waals surface area (Å²) < 4.78 is 0. The number of hydrogen-bond acceptors (Lipinski definition) is 4. The Hall–Kier alpha value is -1.95. The van der Waals surface area contributed by atoms with Gasteiger partial charge in [0.15, 0.2) is 0 Å². The van der Waals surface area contributed by atoms with E-state index in [-0.39, 0.29) is 18.2 Å². The van der Waals surface area contributed by atoms with Crippen molar-refractivity contribution in [3.63, 3.8) is 0 Å². The number of carboxylic acids is 1. The number of nitro benzene ring substituents is 1. The van der Waals surface area contributed by atoms with Gasteiger partial charge in [0.1, 0.15) is 0 Å². The Morgan fingerprint density at radius 3 is 2.42 bits per heavy atom. The number of non-ortho nitro benzene ring substituents is 1. The fraction of sp³-hybridized carbons (Fsp3) is 0.462. The molecule has 19 heavy (non-hydrogen) atoms. The van der Waals surface area contributed by atoms with Crippen molar-refractivity contribution in [2.45, 2.75) is 26.3 Å². The summed E-state index contributed by atoms with van der Waals surface area (Å²) in [7, 11) is 0. The molecule has 0 bridgehead atoms. The van der Waals surface area contributed by atoms with Gasteiger partial charge < -0.3 is 5.11 Å². The van der Waals surface area contributed by atoms with Crippen molar-refractivity contribution in [2.24, 2.45) is 0 Å². The van der Waals surface area contributed by atoms with Crippen molar-refractivity contribution < 1.29 is 14.8 Å². The van der Waals surface area contributed by atoms with Gasteiger partial charge in [-0.15, -0.1) is 0 Å². The predicted molar refractivity (Wildman–Crippen MR) is 71.0 cm³/mol. The van der Waals surface area contributed by atoms with Crippen LogP contribution in [0.2, 0.25) is 0 Å². The number of aliphatic carboxylic acids is 1. The van der Waals surface area contributed by atoms with E-state index in [2.05, 4.69) is 0 Å². The first-order valence-corrected chi connectivity index (χ1v) is 6.16.